The third kappa shape index (κ3) is 6.62. The molecule has 0 N–H and O–H groups in total. The third-order valence-corrected chi connectivity index (χ3v) is 7.01. The molecule has 0 fully saturated rings. The minimum absolute atomic E-state index is 0.821. The van der Waals surface area contributed by atoms with Crippen molar-refractivity contribution in [3.8, 4) is 0 Å². The molecule has 0 aliphatic heterocycles. The van der Waals surface area contributed by atoms with Crippen molar-refractivity contribution in [2.45, 2.75) is 6.42 Å². The maximum absolute atomic E-state index is 4.74. The SMILES string of the molecule is C1=CC=C(N=Cc2ccccc2)C(=[S+]CCSC2=C(N=Cc3ccccc3)CC=C=C2)C=1. The predicted molar refractivity (Wildman–Crippen MR) is 143 cm³/mol. The van der Waals surface area contributed by atoms with Crippen molar-refractivity contribution in [2.75, 3.05) is 11.5 Å². The highest BCUT2D eigenvalue weighted by atomic mass is 32.2. The molecule has 0 unspecified atom stereocenters. The van der Waals surface area contributed by atoms with E-state index in [9.17, 15) is 0 Å². The lowest BCUT2D eigenvalue weighted by Gasteiger charge is -2.07. The van der Waals surface area contributed by atoms with Crippen LogP contribution in [0.15, 0.2) is 129 Å². The first-order chi connectivity index (χ1) is 15.9. The molecule has 0 bridgehead atoms. The summed E-state index contributed by atoms with van der Waals surface area (Å²) in [4.78, 5) is 11.8. The number of allylic oxidation sites excluding steroid dienone is 4. The summed E-state index contributed by atoms with van der Waals surface area (Å²) in [7, 11) is 0. The van der Waals surface area contributed by atoms with Crippen LogP contribution < -0.4 is 0 Å². The van der Waals surface area contributed by atoms with Gasteiger partial charge in [0, 0.05) is 29.8 Å². The highest BCUT2D eigenvalue weighted by molar-refractivity contribution is 8.03. The van der Waals surface area contributed by atoms with E-state index in [0.717, 1.165) is 45.3 Å². The fourth-order valence-electron chi connectivity index (χ4n) is 3.02. The minimum atomic E-state index is 0.821. The number of rotatable bonds is 8. The van der Waals surface area contributed by atoms with E-state index in [0.29, 0.717) is 0 Å². The van der Waals surface area contributed by atoms with E-state index in [1.54, 1.807) is 0 Å². The quantitative estimate of drug-likeness (QED) is 0.155. The van der Waals surface area contributed by atoms with Gasteiger partial charge in [-0.3, -0.25) is 9.98 Å². The van der Waals surface area contributed by atoms with Gasteiger partial charge in [0.05, 0.1) is 11.4 Å². The Balaban J connectivity index is 1.37. The molecule has 0 saturated heterocycles. The first-order valence-electron chi connectivity index (χ1n) is 10.5. The first kappa shape index (κ1) is 22.0. The molecular weight excluding hydrogens is 428 g/mol. The van der Waals surface area contributed by atoms with Crippen LogP contribution >= 0.6 is 11.8 Å². The molecular formula is C28H23N2S2+. The Hall–Kier alpha value is -3.26. The Kier molecular flexibility index (Phi) is 8.20. The molecule has 2 aliphatic rings. The zero-order chi connectivity index (χ0) is 21.8. The molecule has 2 nitrogen and oxygen atoms in total. The minimum Gasteiger partial charge on any atom is -0.259 e. The Morgan fingerprint density at radius 2 is 1.59 bits per heavy atom. The number of hydrogen-bond donors (Lipinski definition) is 0. The molecule has 0 atom stereocenters. The molecule has 2 aromatic carbocycles. The van der Waals surface area contributed by atoms with Crippen LogP contribution in [0.4, 0.5) is 0 Å². The Labute approximate surface area is 197 Å². The summed E-state index contributed by atoms with van der Waals surface area (Å²) < 4.78 is 0. The van der Waals surface area contributed by atoms with Crippen LogP contribution in [0, 0.1) is 0 Å². The highest BCUT2D eigenvalue weighted by Gasteiger charge is 2.15. The van der Waals surface area contributed by atoms with Crippen molar-refractivity contribution in [3.05, 3.63) is 130 Å². The highest BCUT2D eigenvalue weighted by Crippen LogP contribution is 2.26. The summed E-state index contributed by atoms with van der Waals surface area (Å²) in [5.41, 5.74) is 10.7. The van der Waals surface area contributed by atoms with E-state index in [4.69, 9.17) is 4.99 Å². The number of thioether (sulfide) groups is 1. The molecule has 4 heteroatoms. The number of benzene rings is 2. The van der Waals surface area contributed by atoms with Crippen LogP contribution in [0.25, 0.3) is 0 Å². The second-order valence-electron chi connectivity index (χ2n) is 6.96. The molecule has 0 radical (unpaired) electrons. The van der Waals surface area contributed by atoms with Crippen molar-refractivity contribution in [2.24, 2.45) is 9.98 Å². The van der Waals surface area contributed by atoms with Gasteiger partial charge in [0.2, 0.25) is 0 Å². The number of nitrogens with zero attached hydrogens (tertiary/aromatic N) is 2. The van der Waals surface area contributed by atoms with Crippen LogP contribution in [0.5, 0.6) is 0 Å². The average Bonchev–Trinajstić information content (AvgIpc) is 2.86. The Morgan fingerprint density at radius 1 is 0.875 bits per heavy atom. The topological polar surface area (TPSA) is 24.7 Å². The number of hydrogen-bond acceptors (Lipinski definition) is 3. The molecule has 2 aromatic rings. The average molecular weight is 452 g/mol. The van der Waals surface area contributed by atoms with Crippen LogP contribution in [-0.2, 0) is 11.4 Å². The molecule has 32 heavy (non-hydrogen) atoms. The fraction of sp³-hybridized carbons (Fsp3) is 0.107. The van der Waals surface area contributed by atoms with Crippen LogP contribution in [0.1, 0.15) is 17.5 Å². The monoisotopic (exact) mass is 451 g/mol. The maximum atomic E-state index is 4.74. The van der Waals surface area contributed by atoms with Gasteiger partial charge in [0.25, 0.3) is 4.86 Å². The predicted octanol–water partition coefficient (Wildman–Crippen LogP) is 6.15. The van der Waals surface area contributed by atoms with Crippen molar-refractivity contribution < 1.29 is 0 Å². The van der Waals surface area contributed by atoms with E-state index in [2.05, 4.69) is 40.7 Å². The summed E-state index contributed by atoms with van der Waals surface area (Å²) in [6.45, 7) is 0. The zero-order valence-electron chi connectivity index (χ0n) is 17.6. The van der Waals surface area contributed by atoms with E-state index in [-0.39, 0.29) is 0 Å². The Morgan fingerprint density at radius 3 is 2.34 bits per heavy atom. The summed E-state index contributed by atoms with van der Waals surface area (Å²) in [6.07, 6.45) is 14.7. The summed E-state index contributed by atoms with van der Waals surface area (Å²) in [5, 5.41) is 0. The fourth-order valence-corrected chi connectivity index (χ4v) is 5.00. The molecule has 0 aromatic heterocycles. The molecule has 0 heterocycles. The van der Waals surface area contributed by atoms with Crippen molar-refractivity contribution in [3.63, 3.8) is 0 Å². The number of aliphatic imine (C=N–C) groups is 2. The van der Waals surface area contributed by atoms with Gasteiger partial charge in [-0.25, -0.2) is 0 Å². The van der Waals surface area contributed by atoms with Gasteiger partial charge in [-0.1, -0.05) is 60.7 Å². The zero-order valence-corrected chi connectivity index (χ0v) is 19.3. The Bertz CT molecular complexity index is 1220. The molecule has 0 saturated carbocycles. The lowest BCUT2D eigenvalue weighted by Crippen LogP contribution is -2.04. The molecule has 4 rings (SSSR count). The van der Waals surface area contributed by atoms with Crippen LogP contribution in [0.3, 0.4) is 0 Å². The molecule has 156 valence electrons. The maximum Gasteiger partial charge on any atom is 0.257 e. The van der Waals surface area contributed by atoms with Crippen LogP contribution in [-0.4, -0.2) is 28.8 Å². The van der Waals surface area contributed by atoms with Gasteiger partial charge < -0.3 is 0 Å². The standard InChI is InChI=1S/C28H23N2S2/c1-3-11-23(12-4-1)21-29-25-15-7-9-17-27(25)31-19-20-32-28-18-10-8-16-26(28)30-22-24-13-5-2-6-14-24/h1-8,11-15,17-18,21-22H,16,19-20H2/q+1. The van der Waals surface area contributed by atoms with Gasteiger partial charge in [-0.05, 0) is 35.4 Å². The van der Waals surface area contributed by atoms with Crippen molar-refractivity contribution >= 4 is 40.4 Å². The molecule has 2 aliphatic carbocycles. The molecule has 0 spiro atoms. The van der Waals surface area contributed by atoms with Gasteiger partial charge in [-0.2, -0.15) is 0 Å². The lowest BCUT2D eigenvalue weighted by atomic mass is 10.2. The van der Waals surface area contributed by atoms with Gasteiger partial charge in [-0.15, -0.1) is 23.2 Å². The largest absolute Gasteiger partial charge is 0.259 e. The van der Waals surface area contributed by atoms with Crippen molar-refractivity contribution in [1.29, 1.82) is 0 Å². The van der Waals surface area contributed by atoms with E-state index in [1.165, 1.54) is 4.91 Å². The van der Waals surface area contributed by atoms with E-state index in [1.807, 2.05) is 102 Å². The lowest BCUT2D eigenvalue weighted by molar-refractivity contribution is 1.15. The van der Waals surface area contributed by atoms with Crippen molar-refractivity contribution in [1.82, 2.24) is 0 Å². The first-order valence-corrected chi connectivity index (χ1v) is 12.4. The van der Waals surface area contributed by atoms with Gasteiger partial charge in [0.1, 0.15) is 5.70 Å². The second kappa shape index (κ2) is 12.0. The third-order valence-electron chi connectivity index (χ3n) is 4.64. The van der Waals surface area contributed by atoms with Gasteiger partial charge in [0.15, 0.2) is 17.1 Å². The summed E-state index contributed by atoms with van der Waals surface area (Å²) in [5.74, 6) is 1.96. The normalized spacial score (nSPS) is 16.6. The second-order valence-corrected chi connectivity index (χ2v) is 9.23. The summed E-state index contributed by atoms with van der Waals surface area (Å²) in [6, 6.07) is 20.4. The van der Waals surface area contributed by atoms with Crippen LogP contribution in [0.2, 0.25) is 0 Å². The van der Waals surface area contributed by atoms with Gasteiger partial charge >= 0.3 is 0 Å². The smallest absolute Gasteiger partial charge is 0.257 e. The van der Waals surface area contributed by atoms with E-state index < -0.39 is 0 Å². The summed E-state index contributed by atoms with van der Waals surface area (Å²) >= 11 is 3.65. The van der Waals surface area contributed by atoms with E-state index >= 15 is 0 Å². The molecule has 0 amide bonds.